The van der Waals surface area contributed by atoms with Gasteiger partial charge in [-0.3, -0.25) is 39.1 Å². The number of thioether (sulfide) groups is 1. The van der Waals surface area contributed by atoms with Gasteiger partial charge in [0.2, 0.25) is 0 Å². The number of ether oxygens (including phenoxy) is 4. The molecular weight excluding hydrogens is 1160 g/mol. The zero-order chi connectivity index (χ0) is 68.0. The van der Waals surface area contributed by atoms with Crippen molar-refractivity contribution in [2.45, 2.75) is 325 Å². The number of aliphatic hydroxyl groups is 1. The number of hydroxylamine groups is 2. The van der Waals surface area contributed by atoms with Gasteiger partial charge in [-0.15, -0.1) is 11.8 Å². The topological polar surface area (TPSA) is 98.8 Å². The molecule has 0 saturated carbocycles. The zero-order valence-electron chi connectivity index (χ0n) is 64.4. The molecule has 544 valence electrons. The molecule has 1 unspecified atom stereocenters. The van der Waals surface area contributed by atoms with Gasteiger partial charge in [-0.25, -0.2) is 0 Å². The molecule has 0 amide bonds. The summed E-state index contributed by atoms with van der Waals surface area (Å²) >= 11 is 2.04. The van der Waals surface area contributed by atoms with Crippen molar-refractivity contribution in [1.29, 1.82) is 0 Å². The van der Waals surface area contributed by atoms with Crippen LogP contribution in [0.25, 0.3) is 0 Å². The van der Waals surface area contributed by atoms with Crippen LogP contribution in [0.4, 0.5) is 0 Å². The minimum absolute atomic E-state index is 0.285. The standard InChI is InChI=1S/C12H24N2.C11H23NO2.C9H19NO.2C8H17N.C7H15NO.C7H15N.C6H13NO2.C6H13NS/c1-11(2)14-9-5-6-12(14)10-13-7-3-4-8-13;1-9(2)12-10(7-13-3)5-6-11(12)8-14-4;1-8(2)10-6-4-5-9(10)7-11-3;2*1-7(2)9-6-4-5-8(9)3;1-7(2)8-3-5-9-6-4-8;1-7(2)8-5-3-4-6-8;1-5(2)7-3-6(8)4-9-7;1-6(2)7-3-4-8-5-7/h11-12H,3-10H2,1-2H3;9-11H,5-8H2,1-4H3;8-9H,4-7H2,1-3H3;2*7-8H,4-6H2,1-3H3;7H,3-6H2,1-2H3;7H,3-6H2,1-2H3;5-6,8H,3-4H2,1-2H3;6H,3-5H2,1-2H3/t12-;10-,11-;9-;2*8-;;;;/m00011..../s1. The molecule has 10 aliphatic rings. The van der Waals surface area contributed by atoms with Gasteiger partial charge in [0, 0.05) is 150 Å². The number of aliphatic hydroxyl groups excluding tert-OH is 1. The molecule has 91 heavy (non-hydrogen) atoms. The molecule has 0 aromatic carbocycles. The van der Waals surface area contributed by atoms with Crippen LogP contribution >= 0.6 is 11.8 Å². The van der Waals surface area contributed by atoms with E-state index >= 15 is 0 Å². The first-order valence-electron chi connectivity index (χ1n) is 37.7. The average molecular weight is 1310 g/mol. The number of methoxy groups -OCH3 is 3. The Hall–Kier alpha value is -0.290. The molecule has 0 aliphatic carbocycles. The lowest BCUT2D eigenvalue weighted by Gasteiger charge is -2.33. The number of hydrogen-bond donors (Lipinski definition) is 1. The minimum Gasteiger partial charge on any atom is -0.389 e. The van der Waals surface area contributed by atoms with Crippen molar-refractivity contribution in [2.24, 2.45) is 0 Å². The summed E-state index contributed by atoms with van der Waals surface area (Å²) in [6.45, 7) is 66.0. The van der Waals surface area contributed by atoms with Gasteiger partial charge in [0.05, 0.1) is 52.3 Å². The SMILES string of the molecule is CC(C)N1CC(O)CO1.CC(C)N1CCCC1.CC(C)N1CCC[C@H]1C.CC(C)N1CCC[C@H]1C.CC(C)N1CCC[C@H]1CN1CCCC1.CC(C)N1CCOCC1.CC(C)N1CCSC1.COC[C@@H]1CCCN1C(C)C.COC[C@@H]1CC[C@@H](COC)N1C(C)C. The molecule has 0 bridgehead atoms. The molecule has 0 radical (unpaired) electrons. The maximum absolute atomic E-state index is 8.98. The third-order valence-electron chi connectivity index (χ3n) is 20.3. The fraction of sp³-hybridized carbons (Fsp3) is 1.00. The second-order valence-corrected chi connectivity index (χ2v) is 31.4. The van der Waals surface area contributed by atoms with Crippen LogP contribution in [0.1, 0.15) is 228 Å². The molecule has 1 N–H and O–H groups in total. The summed E-state index contributed by atoms with van der Waals surface area (Å²) in [7, 11) is 5.35. The van der Waals surface area contributed by atoms with Crippen LogP contribution in [0.5, 0.6) is 0 Å². The summed E-state index contributed by atoms with van der Waals surface area (Å²) in [6, 6.07) is 10.5. The number of hydrogen-bond acceptors (Lipinski definition) is 17. The van der Waals surface area contributed by atoms with E-state index in [-0.39, 0.29) is 6.10 Å². The molecule has 0 spiro atoms. The van der Waals surface area contributed by atoms with Gasteiger partial charge in [0.15, 0.2) is 0 Å². The lowest BCUT2D eigenvalue weighted by molar-refractivity contribution is -0.132. The molecular formula is C74H156N10O6S. The van der Waals surface area contributed by atoms with Crippen LogP contribution in [0.15, 0.2) is 0 Å². The van der Waals surface area contributed by atoms with E-state index in [0.29, 0.717) is 55.4 Å². The van der Waals surface area contributed by atoms with Crippen LogP contribution in [-0.4, -0.2) is 309 Å². The summed E-state index contributed by atoms with van der Waals surface area (Å²) in [5.41, 5.74) is 0. The summed E-state index contributed by atoms with van der Waals surface area (Å²) < 4.78 is 20.9. The second kappa shape index (κ2) is 50.1. The molecule has 10 saturated heterocycles. The zero-order valence-corrected chi connectivity index (χ0v) is 65.2. The van der Waals surface area contributed by atoms with Gasteiger partial charge >= 0.3 is 0 Å². The van der Waals surface area contributed by atoms with E-state index in [4.69, 9.17) is 28.9 Å². The van der Waals surface area contributed by atoms with E-state index in [1.165, 1.54) is 167 Å². The maximum atomic E-state index is 8.98. The highest BCUT2D eigenvalue weighted by atomic mass is 32.2. The van der Waals surface area contributed by atoms with Crippen LogP contribution in [0.2, 0.25) is 0 Å². The Balaban J connectivity index is 0.000000351. The van der Waals surface area contributed by atoms with Crippen molar-refractivity contribution in [3.63, 3.8) is 0 Å². The van der Waals surface area contributed by atoms with Crippen LogP contribution < -0.4 is 0 Å². The first kappa shape index (κ1) is 86.8. The van der Waals surface area contributed by atoms with E-state index in [9.17, 15) is 0 Å². The van der Waals surface area contributed by atoms with Crippen molar-refractivity contribution >= 4 is 11.8 Å². The van der Waals surface area contributed by atoms with Gasteiger partial charge in [0.1, 0.15) is 0 Å². The predicted molar refractivity (Wildman–Crippen MR) is 392 cm³/mol. The second-order valence-electron chi connectivity index (χ2n) is 30.4. The molecule has 10 aliphatic heterocycles. The van der Waals surface area contributed by atoms with Crippen molar-refractivity contribution in [2.75, 3.05) is 158 Å². The van der Waals surface area contributed by atoms with Crippen molar-refractivity contribution in [3.8, 4) is 0 Å². The van der Waals surface area contributed by atoms with Gasteiger partial charge in [0.25, 0.3) is 0 Å². The van der Waals surface area contributed by atoms with Crippen LogP contribution in [0.3, 0.4) is 0 Å². The number of rotatable bonds is 17. The molecule has 16 nitrogen and oxygen atoms in total. The lowest BCUT2D eigenvalue weighted by Crippen LogP contribution is -2.44. The Bertz CT molecular complexity index is 1620. The van der Waals surface area contributed by atoms with E-state index in [2.05, 4.69) is 169 Å². The van der Waals surface area contributed by atoms with Gasteiger partial charge in [-0.05, 0) is 281 Å². The highest BCUT2D eigenvalue weighted by Crippen LogP contribution is 2.28. The monoisotopic (exact) mass is 1310 g/mol. The number of nitrogens with zero attached hydrogens (tertiary/aromatic N) is 10. The van der Waals surface area contributed by atoms with Crippen LogP contribution in [-0.2, 0) is 23.8 Å². The minimum atomic E-state index is -0.285. The van der Waals surface area contributed by atoms with Gasteiger partial charge in [-0.1, -0.05) is 0 Å². The highest BCUT2D eigenvalue weighted by molar-refractivity contribution is 7.99. The summed E-state index contributed by atoms with van der Waals surface area (Å²) in [4.78, 5) is 28.1. The first-order chi connectivity index (χ1) is 43.3. The Kier molecular flexibility index (Phi) is 47.8. The van der Waals surface area contributed by atoms with Gasteiger partial charge < -0.3 is 33.9 Å². The smallest absolute Gasteiger partial charge is 0.0958 e. The molecule has 0 aromatic rings. The van der Waals surface area contributed by atoms with Crippen LogP contribution in [0, 0.1) is 0 Å². The van der Waals surface area contributed by atoms with Gasteiger partial charge in [-0.2, -0.15) is 5.06 Å². The fourth-order valence-corrected chi connectivity index (χ4v) is 16.1. The fourth-order valence-electron chi connectivity index (χ4n) is 14.9. The molecule has 7 atom stereocenters. The first-order valence-corrected chi connectivity index (χ1v) is 38.9. The quantitative estimate of drug-likeness (QED) is 0.149. The molecule has 17 heteroatoms. The average Bonchev–Trinajstić information content (AvgIpc) is 2.05. The Morgan fingerprint density at radius 1 is 0.407 bits per heavy atom. The van der Waals surface area contributed by atoms with E-state index in [1.807, 2.05) is 25.6 Å². The third-order valence-corrected chi connectivity index (χ3v) is 21.3. The molecule has 10 fully saturated rings. The molecule has 10 heterocycles. The van der Waals surface area contributed by atoms with Crippen molar-refractivity contribution in [3.05, 3.63) is 0 Å². The summed E-state index contributed by atoms with van der Waals surface area (Å²) in [5.74, 6) is 2.58. The maximum Gasteiger partial charge on any atom is 0.0958 e. The summed E-state index contributed by atoms with van der Waals surface area (Å²) in [5, 5.41) is 10.8. The highest BCUT2D eigenvalue weighted by Gasteiger charge is 2.35. The third kappa shape index (κ3) is 35.4. The Morgan fingerprint density at radius 2 is 0.813 bits per heavy atom. The van der Waals surface area contributed by atoms with Crippen molar-refractivity contribution < 1.29 is 28.9 Å². The van der Waals surface area contributed by atoms with E-state index in [0.717, 1.165) is 94.5 Å². The number of morpholine rings is 1. The summed E-state index contributed by atoms with van der Waals surface area (Å²) in [6.07, 6.45) is 19.0. The van der Waals surface area contributed by atoms with E-state index < -0.39 is 0 Å². The number of likely N-dealkylation sites (tertiary alicyclic amines) is 7. The molecule has 0 aromatic heterocycles. The molecule has 10 rings (SSSR count). The lowest BCUT2D eigenvalue weighted by atomic mass is 10.2. The predicted octanol–water partition coefficient (Wildman–Crippen LogP) is 12.4. The largest absolute Gasteiger partial charge is 0.389 e. The normalized spacial score (nSPS) is 27.6. The Morgan fingerprint density at radius 3 is 1.12 bits per heavy atom. The van der Waals surface area contributed by atoms with Crippen molar-refractivity contribution in [1.82, 2.24) is 49.2 Å². The Labute approximate surface area is 569 Å². The van der Waals surface area contributed by atoms with E-state index in [1.54, 1.807) is 26.4 Å². The number of β-amino-alcohol motifs (C(OH)–C–C–N with tert-alkyl or cyclic N) is 1.